The highest BCUT2D eigenvalue weighted by molar-refractivity contribution is 8.01. The van der Waals surface area contributed by atoms with Crippen LogP contribution in [0.25, 0.3) is 0 Å². The largest absolute Gasteiger partial charge is 0.321 e. The van der Waals surface area contributed by atoms with Gasteiger partial charge in [-0.1, -0.05) is 42.6 Å². The number of nitriles is 1. The molecule has 0 spiro atoms. The first-order chi connectivity index (χ1) is 13.8. The molecule has 0 saturated carbocycles. The molecule has 2 aromatic carbocycles. The number of aryl methyl sites for hydroxylation is 1. The van der Waals surface area contributed by atoms with E-state index in [1.165, 1.54) is 0 Å². The summed E-state index contributed by atoms with van der Waals surface area (Å²) in [7, 11) is -2.44. The van der Waals surface area contributed by atoms with E-state index < -0.39 is 15.6 Å². The van der Waals surface area contributed by atoms with Crippen molar-refractivity contribution in [2.45, 2.75) is 26.2 Å². The summed E-state index contributed by atoms with van der Waals surface area (Å²) < 4.78 is 14.3. The Kier molecular flexibility index (Phi) is 6.42. The van der Waals surface area contributed by atoms with Gasteiger partial charge in [0.2, 0.25) is 0 Å². The van der Waals surface area contributed by atoms with Gasteiger partial charge in [0.05, 0.1) is 32.5 Å². The predicted molar refractivity (Wildman–Crippen MR) is 122 cm³/mol. The molecule has 1 atom stereocenters. The minimum atomic E-state index is -2.44. The Morgan fingerprint density at radius 2 is 2.10 bits per heavy atom. The molecule has 0 aliphatic carbocycles. The molecule has 1 aliphatic heterocycles. The molecule has 2 aromatic rings. The lowest BCUT2D eigenvalue weighted by atomic mass is 10.1. The summed E-state index contributed by atoms with van der Waals surface area (Å²) in [6.45, 7) is 2.63. The lowest BCUT2D eigenvalue weighted by Gasteiger charge is -2.22. The zero-order chi connectivity index (χ0) is 21.2. The maximum absolute atomic E-state index is 13.0. The highest BCUT2D eigenvalue weighted by Gasteiger charge is 2.26. The molecule has 1 saturated heterocycles. The first kappa shape index (κ1) is 21.5. The molecule has 5 nitrogen and oxygen atoms in total. The van der Waals surface area contributed by atoms with Crippen LogP contribution in [0.4, 0.5) is 11.4 Å². The van der Waals surface area contributed by atoms with Crippen LogP contribution in [0.2, 0.25) is 10.0 Å². The van der Waals surface area contributed by atoms with Crippen LogP contribution in [0.15, 0.2) is 30.3 Å². The highest BCUT2D eigenvalue weighted by Crippen LogP contribution is 2.34. The Morgan fingerprint density at radius 1 is 1.34 bits per heavy atom. The molecule has 29 heavy (non-hydrogen) atoms. The van der Waals surface area contributed by atoms with Gasteiger partial charge in [0.15, 0.2) is 0 Å². The Morgan fingerprint density at radius 3 is 2.72 bits per heavy atom. The van der Waals surface area contributed by atoms with E-state index in [-0.39, 0.29) is 15.6 Å². The van der Waals surface area contributed by atoms with Crippen molar-refractivity contribution >= 4 is 56.1 Å². The molecule has 1 heterocycles. The molecular weight excluding hydrogens is 429 g/mol. The molecule has 1 unspecified atom stereocenters. The van der Waals surface area contributed by atoms with Gasteiger partial charge in [0, 0.05) is 22.0 Å². The molecule has 1 amide bonds. The molecule has 0 bridgehead atoms. The third-order valence-electron chi connectivity index (χ3n) is 4.76. The van der Waals surface area contributed by atoms with Crippen molar-refractivity contribution in [1.82, 2.24) is 0 Å². The van der Waals surface area contributed by atoms with Crippen molar-refractivity contribution in [3.05, 3.63) is 57.1 Å². The normalized spacial score (nSPS) is 18.5. The summed E-state index contributed by atoms with van der Waals surface area (Å²) in [5.74, 6) is 3.82. The number of nitrogens with one attached hydrogen (secondary N) is 1. The van der Waals surface area contributed by atoms with Crippen LogP contribution in [0.1, 0.15) is 41.3 Å². The van der Waals surface area contributed by atoms with Gasteiger partial charge in [0.25, 0.3) is 5.91 Å². The summed E-state index contributed by atoms with van der Waals surface area (Å²) in [5.41, 5.74) is 2.50. The van der Waals surface area contributed by atoms with Crippen LogP contribution >= 0.6 is 23.2 Å². The number of hydrogen-bond acceptors (Lipinski definition) is 3. The number of halogens is 2. The fourth-order valence-corrected chi connectivity index (χ4v) is 5.50. The summed E-state index contributed by atoms with van der Waals surface area (Å²) in [4.78, 5) is 13.0. The van der Waals surface area contributed by atoms with Crippen molar-refractivity contribution < 1.29 is 9.00 Å². The predicted octanol–water partition coefficient (Wildman–Crippen LogP) is 4.91. The number of hydrogen-bond donors (Lipinski definition) is 1. The second-order valence-electron chi connectivity index (χ2n) is 6.92. The number of carbonyl (C=O) groups excluding carboxylic acids is 1. The molecule has 3 rings (SSSR count). The van der Waals surface area contributed by atoms with Gasteiger partial charge < -0.3 is 5.32 Å². The Bertz CT molecular complexity index is 1110. The second kappa shape index (κ2) is 8.66. The van der Waals surface area contributed by atoms with Crippen molar-refractivity contribution in [3.8, 4) is 6.07 Å². The van der Waals surface area contributed by atoms with E-state index >= 15 is 0 Å². The van der Waals surface area contributed by atoms with E-state index in [0.717, 1.165) is 24.8 Å². The van der Waals surface area contributed by atoms with Gasteiger partial charge in [-0.15, -0.1) is 0 Å². The van der Waals surface area contributed by atoms with Gasteiger partial charge in [-0.3, -0.25) is 9.10 Å². The molecule has 1 fully saturated rings. The van der Waals surface area contributed by atoms with Crippen molar-refractivity contribution in [2.75, 3.05) is 21.9 Å². The third-order valence-corrected chi connectivity index (χ3v) is 7.69. The molecular formula is C21H21Cl2N3O2S. The van der Waals surface area contributed by atoms with Gasteiger partial charge in [-0.25, -0.2) is 4.21 Å². The fraction of sp³-hybridized carbons (Fsp3) is 0.286. The van der Waals surface area contributed by atoms with Crippen molar-refractivity contribution in [2.24, 2.45) is 0 Å². The highest BCUT2D eigenvalue weighted by atomic mass is 35.5. The number of carbonyl (C=O) groups is 1. The van der Waals surface area contributed by atoms with Crippen LogP contribution in [0.5, 0.6) is 0 Å². The average Bonchev–Trinajstić information content (AvgIpc) is 3.03. The topological polar surface area (TPSA) is 73.2 Å². The Hall–Kier alpha value is -2.20. The Balaban J connectivity index is 1.98. The van der Waals surface area contributed by atoms with Gasteiger partial charge in [-0.05, 0) is 48.5 Å². The quantitative estimate of drug-likeness (QED) is 0.658. The van der Waals surface area contributed by atoms with E-state index in [1.807, 2.05) is 6.07 Å². The number of benzene rings is 2. The number of amides is 1. The Labute approximate surface area is 181 Å². The summed E-state index contributed by atoms with van der Waals surface area (Å²) in [6.07, 6.45) is 2.53. The SMILES string of the molecule is C=S1(=O)CCCN1c1cc(Cl)c(Cl)c(C(=O)Nc2cc(CCC)ccc2C#N)c1. The van der Waals surface area contributed by atoms with Crippen LogP contribution in [0, 0.1) is 11.3 Å². The maximum Gasteiger partial charge on any atom is 0.257 e. The molecule has 0 aromatic heterocycles. The zero-order valence-electron chi connectivity index (χ0n) is 16.0. The van der Waals surface area contributed by atoms with Crippen LogP contribution in [0.3, 0.4) is 0 Å². The smallest absolute Gasteiger partial charge is 0.257 e. The van der Waals surface area contributed by atoms with Gasteiger partial charge in [-0.2, -0.15) is 5.26 Å². The number of nitrogens with zero attached hydrogens (tertiary/aromatic N) is 2. The third kappa shape index (κ3) is 4.53. The van der Waals surface area contributed by atoms with Crippen molar-refractivity contribution in [3.63, 3.8) is 0 Å². The minimum absolute atomic E-state index is 0.103. The summed E-state index contributed by atoms with van der Waals surface area (Å²) in [6, 6.07) is 10.6. The molecule has 1 aliphatic rings. The van der Waals surface area contributed by atoms with E-state index in [2.05, 4.69) is 24.2 Å². The van der Waals surface area contributed by atoms with E-state index in [1.54, 1.807) is 28.6 Å². The van der Waals surface area contributed by atoms with E-state index in [9.17, 15) is 14.3 Å². The molecule has 152 valence electrons. The average molecular weight is 450 g/mol. The van der Waals surface area contributed by atoms with Gasteiger partial charge in [0.1, 0.15) is 6.07 Å². The van der Waals surface area contributed by atoms with Crippen LogP contribution < -0.4 is 9.62 Å². The number of rotatable bonds is 5. The number of anilines is 2. The standard InChI is InChI=1S/C21H21Cl2N3O2S/c1-3-5-14-6-7-15(13-24)19(10-14)25-21(27)17-11-16(12-18(22)20(17)23)26-8-4-9-29(26,2)28/h6-7,10-12H,2-5,8-9H2,1H3,(H,25,27). The molecule has 8 heteroatoms. The van der Waals surface area contributed by atoms with Crippen LogP contribution in [-0.2, 0) is 16.1 Å². The van der Waals surface area contributed by atoms with Crippen LogP contribution in [-0.4, -0.2) is 28.3 Å². The van der Waals surface area contributed by atoms with Gasteiger partial charge >= 0.3 is 0 Å². The molecule has 1 N–H and O–H groups in total. The zero-order valence-corrected chi connectivity index (χ0v) is 18.3. The first-order valence-corrected chi connectivity index (χ1v) is 11.8. The summed E-state index contributed by atoms with van der Waals surface area (Å²) >= 11 is 12.6. The van der Waals surface area contributed by atoms with E-state index in [0.29, 0.717) is 29.2 Å². The first-order valence-electron chi connectivity index (χ1n) is 9.23. The molecule has 0 radical (unpaired) electrons. The van der Waals surface area contributed by atoms with Crippen molar-refractivity contribution in [1.29, 1.82) is 5.26 Å². The lowest BCUT2D eigenvalue weighted by Crippen LogP contribution is -2.25. The summed E-state index contributed by atoms with van der Waals surface area (Å²) in [5, 5.41) is 12.4. The lowest BCUT2D eigenvalue weighted by molar-refractivity contribution is 0.102. The second-order valence-corrected chi connectivity index (χ2v) is 10.1. The minimum Gasteiger partial charge on any atom is -0.321 e. The maximum atomic E-state index is 13.0. The monoisotopic (exact) mass is 449 g/mol. The van der Waals surface area contributed by atoms with E-state index in [4.69, 9.17) is 23.2 Å². The fourth-order valence-electron chi connectivity index (χ4n) is 3.34.